The van der Waals surface area contributed by atoms with Crippen LogP contribution < -0.4 is 0 Å². The zero-order chi connectivity index (χ0) is 30.2. The van der Waals surface area contributed by atoms with Crippen LogP contribution in [0.2, 0.25) is 5.02 Å². The molecule has 0 bridgehead atoms. The highest BCUT2D eigenvalue weighted by Crippen LogP contribution is 2.74. The Hall–Kier alpha value is -1.89. The summed E-state index contributed by atoms with van der Waals surface area (Å²) in [6.45, 7) is 19.8. The molecule has 3 saturated carbocycles. The Morgan fingerprint density at radius 2 is 1.88 bits per heavy atom. The highest BCUT2D eigenvalue weighted by atomic mass is 35.5. The predicted octanol–water partition coefficient (Wildman–Crippen LogP) is 7.35. The number of halogens is 1. The molecule has 43 heavy (non-hydrogen) atoms. The molecule has 3 N–H and O–H groups in total. The van der Waals surface area contributed by atoms with Crippen LogP contribution in [0.5, 0.6) is 0 Å². The average molecular weight is 602 g/mol. The van der Waals surface area contributed by atoms with Crippen molar-refractivity contribution in [3.8, 4) is 0 Å². The molecule has 7 aliphatic rings. The van der Waals surface area contributed by atoms with Gasteiger partial charge in [0.15, 0.2) is 0 Å². The lowest BCUT2D eigenvalue weighted by atomic mass is 9.42. The zero-order valence-electron chi connectivity index (χ0n) is 26.0. The predicted molar refractivity (Wildman–Crippen MR) is 168 cm³/mol. The van der Waals surface area contributed by atoms with Crippen LogP contribution in [0.1, 0.15) is 101 Å². The van der Waals surface area contributed by atoms with E-state index in [1.54, 1.807) is 0 Å². The lowest BCUT2D eigenvalue weighted by molar-refractivity contribution is -0.215. The fraction of sp³-hybridized carbons (Fsp3) is 0.622. The van der Waals surface area contributed by atoms with Crippen LogP contribution in [0, 0.1) is 23.2 Å². The van der Waals surface area contributed by atoms with Crippen LogP contribution in [0.4, 0.5) is 0 Å². The number of hydrogen-bond donors (Lipinski definition) is 3. The first kappa shape index (κ1) is 27.4. The van der Waals surface area contributed by atoms with E-state index in [9.17, 15) is 10.2 Å². The van der Waals surface area contributed by atoms with Gasteiger partial charge in [-0.3, -0.25) is 0 Å². The number of allylic oxidation sites excluding steroid dienone is 1. The number of rotatable bonds is 1. The van der Waals surface area contributed by atoms with Crippen LogP contribution in [-0.4, -0.2) is 44.7 Å². The Morgan fingerprint density at radius 1 is 1.12 bits per heavy atom. The van der Waals surface area contributed by atoms with Crippen molar-refractivity contribution in [1.29, 1.82) is 0 Å². The largest absolute Gasteiger partial charge is 0.386 e. The van der Waals surface area contributed by atoms with E-state index in [0.29, 0.717) is 24.2 Å². The normalized spacial score (nSPS) is 46.6. The van der Waals surface area contributed by atoms with Crippen molar-refractivity contribution in [2.45, 2.75) is 120 Å². The smallest absolute Gasteiger partial charge is 0.108 e. The van der Waals surface area contributed by atoms with Gasteiger partial charge in [0.1, 0.15) is 12.2 Å². The molecule has 9 rings (SSSR count). The van der Waals surface area contributed by atoms with Crippen molar-refractivity contribution in [3.05, 3.63) is 69.4 Å². The lowest BCUT2D eigenvalue weighted by Gasteiger charge is -2.65. The maximum atomic E-state index is 13.0. The number of nitrogens with one attached hydrogen (secondary N) is 1. The quantitative estimate of drug-likeness (QED) is 0.299. The minimum atomic E-state index is -1.11. The van der Waals surface area contributed by atoms with Gasteiger partial charge >= 0.3 is 0 Å². The number of benzene rings is 1. The molecule has 0 saturated heterocycles. The zero-order valence-corrected chi connectivity index (χ0v) is 26.8. The van der Waals surface area contributed by atoms with Crippen molar-refractivity contribution in [3.63, 3.8) is 0 Å². The summed E-state index contributed by atoms with van der Waals surface area (Å²) in [4.78, 5) is 3.96. The number of fused-ring (bicyclic) bond motifs is 7. The first-order valence-corrected chi connectivity index (χ1v) is 16.8. The van der Waals surface area contributed by atoms with Crippen LogP contribution >= 0.6 is 11.6 Å². The van der Waals surface area contributed by atoms with Gasteiger partial charge in [0.05, 0.1) is 23.4 Å². The first-order chi connectivity index (χ1) is 20.2. The number of aromatic nitrogens is 1. The molecule has 3 heterocycles. The highest BCUT2D eigenvalue weighted by Gasteiger charge is 2.73. The van der Waals surface area contributed by atoms with Gasteiger partial charge in [-0.1, -0.05) is 44.2 Å². The molecule has 0 spiro atoms. The summed E-state index contributed by atoms with van der Waals surface area (Å²) in [5.74, 6) is 1.48. The standard InChI is InChI=1S/C37H44ClNO4/c1-16(2)31-25(40)14-21-26(42-31)9-10-35(6)36(7)20(8-11-37(21,35)41)32-30-29-24(39-33(30)36)15-23(38)19-12-17(3)18-13-22(27(18)28(19)29)34(4,5)43-32/h14-15,18,20,22,25-27,31-32,39-41H,1,3,8-13H2,2,4-7H3/t18-,20+,22+,25-,26-,27+,31-,32+,35-,36-,37-/m1/s1. The third-order valence-corrected chi connectivity index (χ3v) is 14.5. The Balaban J connectivity index is 1.28. The van der Waals surface area contributed by atoms with E-state index >= 15 is 0 Å². The minimum absolute atomic E-state index is 0.0618. The van der Waals surface area contributed by atoms with Crippen LogP contribution in [0.25, 0.3) is 10.9 Å². The summed E-state index contributed by atoms with van der Waals surface area (Å²) in [6.07, 6.45) is 5.41. The summed E-state index contributed by atoms with van der Waals surface area (Å²) in [5.41, 5.74) is 7.00. The second-order valence-corrected chi connectivity index (χ2v) is 16.5. The van der Waals surface area contributed by atoms with Gasteiger partial charge in [0, 0.05) is 43.9 Å². The number of aromatic amines is 1. The molecule has 6 heteroatoms. The van der Waals surface area contributed by atoms with Gasteiger partial charge in [-0.15, -0.1) is 0 Å². The monoisotopic (exact) mass is 601 g/mol. The van der Waals surface area contributed by atoms with E-state index in [1.807, 2.05) is 13.0 Å². The van der Waals surface area contributed by atoms with Gasteiger partial charge in [0.2, 0.25) is 0 Å². The van der Waals surface area contributed by atoms with Crippen molar-refractivity contribution >= 4 is 22.5 Å². The van der Waals surface area contributed by atoms with Gasteiger partial charge in [-0.25, -0.2) is 0 Å². The van der Waals surface area contributed by atoms with Crippen molar-refractivity contribution in [2.24, 2.45) is 23.2 Å². The Kier molecular flexibility index (Phi) is 5.16. The van der Waals surface area contributed by atoms with Crippen LogP contribution in [0.15, 0.2) is 42.0 Å². The molecule has 1 aromatic carbocycles. The van der Waals surface area contributed by atoms with Crippen LogP contribution in [-0.2, 0) is 21.3 Å². The maximum Gasteiger partial charge on any atom is 0.108 e. The Morgan fingerprint density at radius 3 is 2.63 bits per heavy atom. The van der Waals surface area contributed by atoms with E-state index in [0.717, 1.165) is 53.8 Å². The molecule has 0 radical (unpaired) electrons. The fourth-order valence-corrected chi connectivity index (χ4v) is 12.0. The van der Waals surface area contributed by atoms with Crippen molar-refractivity contribution in [1.82, 2.24) is 4.98 Å². The number of hydrogen-bond acceptors (Lipinski definition) is 4. The molecular formula is C37H44ClNO4. The average Bonchev–Trinajstić information content (AvgIpc) is 3.38. The Bertz CT molecular complexity index is 1700. The summed E-state index contributed by atoms with van der Waals surface area (Å²) < 4.78 is 13.8. The van der Waals surface area contributed by atoms with E-state index in [2.05, 4.69) is 51.9 Å². The van der Waals surface area contributed by atoms with Gasteiger partial charge < -0.3 is 24.7 Å². The second-order valence-electron chi connectivity index (χ2n) is 16.1. The highest BCUT2D eigenvalue weighted by molar-refractivity contribution is 6.32. The third-order valence-electron chi connectivity index (χ3n) is 14.2. The number of ether oxygens (including phenoxy) is 2. The number of aliphatic hydroxyl groups is 2. The summed E-state index contributed by atoms with van der Waals surface area (Å²) in [7, 11) is 0. The van der Waals surface area contributed by atoms with Crippen molar-refractivity contribution < 1.29 is 19.7 Å². The van der Waals surface area contributed by atoms with Crippen molar-refractivity contribution in [2.75, 3.05) is 0 Å². The molecular weight excluding hydrogens is 558 g/mol. The molecule has 1 aromatic heterocycles. The summed E-state index contributed by atoms with van der Waals surface area (Å²) in [6, 6.07) is 2.14. The van der Waals surface area contributed by atoms with Gasteiger partial charge in [-0.2, -0.15) is 0 Å². The third kappa shape index (κ3) is 2.93. The van der Waals surface area contributed by atoms with E-state index in [-0.39, 0.29) is 23.7 Å². The molecule has 0 amide bonds. The minimum Gasteiger partial charge on any atom is -0.386 e. The lowest BCUT2D eigenvalue weighted by Crippen LogP contribution is -2.68. The second kappa shape index (κ2) is 8.09. The summed E-state index contributed by atoms with van der Waals surface area (Å²) >= 11 is 7.09. The van der Waals surface area contributed by atoms with E-state index in [4.69, 9.17) is 21.1 Å². The number of H-pyrrole nitrogens is 1. The first-order valence-electron chi connectivity index (χ1n) is 16.4. The number of aliphatic hydroxyl groups excluding tert-OH is 1. The fourth-order valence-electron chi connectivity index (χ4n) is 11.8. The summed E-state index contributed by atoms with van der Waals surface area (Å²) in [5, 5.41) is 26.3. The molecule has 5 aliphatic carbocycles. The van der Waals surface area contributed by atoms with Crippen LogP contribution in [0.3, 0.4) is 0 Å². The molecule has 11 atom stereocenters. The van der Waals surface area contributed by atoms with E-state index < -0.39 is 28.6 Å². The SMILES string of the molecule is C=C1Cc2c(Cl)cc3[nH]c4c5c3c2[C@H]2[C@@H]1C[C@@H]2C(C)(C)O[C@H]5[C@@H]1CC[C@@]2(O)C3=C[C@@H](O)[C@@H](C(=C)C)O[C@@H]3CC[C@]2(C)[C@@]41C. The van der Waals surface area contributed by atoms with E-state index in [1.165, 1.54) is 33.3 Å². The molecule has 3 fully saturated rings. The van der Waals surface area contributed by atoms with Gasteiger partial charge in [-0.05, 0) is 111 Å². The molecule has 2 aromatic rings. The molecule has 228 valence electrons. The molecule has 5 nitrogen and oxygen atoms in total. The molecule has 2 aliphatic heterocycles. The maximum absolute atomic E-state index is 13.0. The van der Waals surface area contributed by atoms with Gasteiger partial charge in [0.25, 0.3) is 0 Å². The molecule has 0 unspecified atom stereocenters. The Labute approximate surface area is 259 Å². The topological polar surface area (TPSA) is 74.7 Å².